The van der Waals surface area contributed by atoms with Gasteiger partial charge in [-0.1, -0.05) is 0 Å². The van der Waals surface area contributed by atoms with Crippen LogP contribution in [-0.2, 0) is 9.22 Å². The van der Waals surface area contributed by atoms with Gasteiger partial charge in [0.25, 0.3) is 0 Å². The second kappa shape index (κ2) is 8.92. The van der Waals surface area contributed by atoms with Crippen LogP contribution in [0.4, 0.5) is 5.69 Å². The summed E-state index contributed by atoms with van der Waals surface area (Å²) < 4.78 is 7.07. The van der Waals surface area contributed by atoms with Crippen LogP contribution in [0.25, 0.3) is 10.8 Å². The number of carbonyl (C=O) groups is 1. The Hall–Kier alpha value is -1.90. The van der Waals surface area contributed by atoms with Gasteiger partial charge in [-0.05, 0) is 0 Å². The summed E-state index contributed by atoms with van der Waals surface area (Å²) in [6.07, 6.45) is 5.94. The van der Waals surface area contributed by atoms with Gasteiger partial charge in [-0.15, -0.1) is 0 Å². The van der Waals surface area contributed by atoms with Crippen LogP contribution < -0.4 is 0 Å². The van der Waals surface area contributed by atoms with Gasteiger partial charge in [0.2, 0.25) is 0 Å². The van der Waals surface area contributed by atoms with Crippen molar-refractivity contribution in [1.82, 2.24) is 4.90 Å². The zero-order valence-corrected chi connectivity index (χ0v) is 21.9. The quantitative estimate of drug-likeness (QED) is 0.186. The second-order valence-electron chi connectivity index (χ2n) is 9.72. The fourth-order valence-electron chi connectivity index (χ4n) is 3.78. The number of terminal acetylenes is 1. The number of hydrogen-bond donors (Lipinski definition) is 0. The van der Waals surface area contributed by atoms with E-state index in [2.05, 4.69) is 72.9 Å². The Kier molecular flexibility index (Phi) is 6.83. The Bertz CT molecular complexity index is 1050. The minimum absolute atomic E-state index is 0.0183. The van der Waals surface area contributed by atoms with E-state index in [1.807, 2.05) is 37.3 Å². The van der Waals surface area contributed by atoms with E-state index >= 15 is 0 Å². The SMILES string of the molecule is C#CC[C@@H]1[C@@H]([C@@H](C)O[Si](C)(C)C(C)(C)C)C(=O)N1C([Se])=Nc1ccc2ccccc2c1. The number of likely N-dealkylation sites (tertiary alicyclic amines) is 1. The molecule has 1 amide bonds. The number of rotatable bonds is 5. The van der Waals surface area contributed by atoms with Crippen molar-refractivity contribution in [3.63, 3.8) is 0 Å². The van der Waals surface area contributed by atoms with Gasteiger partial charge in [0, 0.05) is 0 Å². The van der Waals surface area contributed by atoms with Gasteiger partial charge in [0.1, 0.15) is 0 Å². The number of benzene rings is 2. The van der Waals surface area contributed by atoms with E-state index in [-0.39, 0.29) is 29.0 Å². The molecule has 31 heavy (non-hydrogen) atoms. The molecule has 0 aliphatic carbocycles. The van der Waals surface area contributed by atoms with Gasteiger partial charge in [-0.3, -0.25) is 0 Å². The van der Waals surface area contributed by atoms with E-state index in [0.29, 0.717) is 11.2 Å². The number of nitrogens with zero attached hydrogens (tertiary/aromatic N) is 2. The average Bonchev–Trinajstić information content (AvgIpc) is 2.66. The minimum atomic E-state index is -1.99. The summed E-state index contributed by atoms with van der Waals surface area (Å²) in [5, 5.41) is 2.35. The predicted molar refractivity (Wildman–Crippen MR) is 132 cm³/mol. The third kappa shape index (κ3) is 4.81. The third-order valence-corrected chi connectivity index (χ3v) is 11.7. The summed E-state index contributed by atoms with van der Waals surface area (Å²) in [7, 11) is -1.99. The molecule has 0 aromatic heterocycles. The molecule has 6 heteroatoms. The first-order valence-corrected chi connectivity index (χ1v) is 14.4. The molecule has 1 fully saturated rings. The molecule has 3 rings (SSSR count). The molecule has 4 nitrogen and oxygen atoms in total. The molecule has 1 aliphatic heterocycles. The Labute approximate surface area is 195 Å². The maximum absolute atomic E-state index is 13.2. The fourth-order valence-corrected chi connectivity index (χ4v) is 5.90. The van der Waals surface area contributed by atoms with E-state index in [9.17, 15) is 4.79 Å². The van der Waals surface area contributed by atoms with Gasteiger partial charge in [-0.2, -0.15) is 0 Å². The van der Waals surface area contributed by atoms with Crippen molar-refractivity contribution >= 4 is 51.4 Å². The van der Waals surface area contributed by atoms with Crippen molar-refractivity contribution in [3.05, 3.63) is 42.5 Å². The van der Waals surface area contributed by atoms with Crippen molar-refractivity contribution in [1.29, 1.82) is 0 Å². The number of amides is 1. The molecule has 1 saturated heterocycles. The van der Waals surface area contributed by atoms with Crippen LogP contribution in [0.2, 0.25) is 18.1 Å². The Morgan fingerprint density at radius 2 is 1.90 bits per heavy atom. The topological polar surface area (TPSA) is 41.9 Å². The van der Waals surface area contributed by atoms with E-state index < -0.39 is 8.32 Å². The molecule has 1 heterocycles. The third-order valence-electron chi connectivity index (χ3n) is 6.55. The molecule has 0 saturated carbocycles. The molecule has 0 bridgehead atoms. The molecule has 2 aromatic rings. The summed E-state index contributed by atoms with van der Waals surface area (Å²) >= 11 is 2.98. The summed E-state index contributed by atoms with van der Waals surface area (Å²) in [5.41, 5.74) is 0.800. The van der Waals surface area contributed by atoms with Gasteiger partial charge in [0.05, 0.1) is 0 Å². The van der Waals surface area contributed by atoms with E-state index in [0.717, 1.165) is 16.5 Å². The monoisotopic (exact) mass is 499 g/mol. The van der Waals surface area contributed by atoms with Crippen LogP contribution in [0.1, 0.15) is 34.1 Å². The van der Waals surface area contributed by atoms with Gasteiger partial charge in [-0.25, -0.2) is 0 Å². The van der Waals surface area contributed by atoms with Crippen LogP contribution >= 0.6 is 0 Å². The fraction of sp³-hybridized carbons (Fsp3) is 0.440. The molecular formula is C25H31N2O2SeSi. The summed E-state index contributed by atoms with van der Waals surface area (Å²) in [5.74, 6) is 2.50. The van der Waals surface area contributed by atoms with Crippen LogP contribution in [0.15, 0.2) is 47.5 Å². The van der Waals surface area contributed by atoms with Gasteiger partial charge < -0.3 is 0 Å². The predicted octanol–water partition coefficient (Wildman–Crippen LogP) is 5.26. The number of fused-ring (bicyclic) bond motifs is 1. The molecular weight excluding hydrogens is 467 g/mol. The first-order valence-electron chi connectivity index (χ1n) is 10.6. The molecule has 163 valence electrons. The normalized spacial score (nSPS) is 21.0. The van der Waals surface area contributed by atoms with Crippen LogP contribution in [-0.4, -0.2) is 52.0 Å². The summed E-state index contributed by atoms with van der Waals surface area (Å²) in [6, 6.07) is 14.0. The first-order chi connectivity index (χ1) is 14.5. The van der Waals surface area contributed by atoms with Crippen LogP contribution in [0, 0.1) is 18.3 Å². The van der Waals surface area contributed by atoms with E-state index in [1.54, 1.807) is 4.90 Å². The van der Waals surface area contributed by atoms with Crippen LogP contribution in [0.5, 0.6) is 0 Å². The van der Waals surface area contributed by atoms with Gasteiger partial charge in [0.15, 0.2) is 0 Å². The zero-order chi connectivity index (χ0) is 23.0. The zero-order valence-electron chi connectivity index (χ0n) is 19.2. The Morgan fingerprint density at radius 1 is 1.26 bits per heavy atom. The van der Waals surface area contributed by atoms with Gasteiger partial charge >= 0.3 is 196 Å². The average molecular weight is 499 g/mol. The molecule has 1 aliphatic rings. The molecule has 0 N–H and O–H groups in total. The first kappa shape index (κ1) is 23.8. The summed E-state index contributed by atoms with van der Waals surface area (Å²) in [4.78, 5) is 19.5. The second-order valence-corrected chi connectivity index (χ2v) is 15.2. The Morgan fingerprint density at radius 3 is 2.52 bits per heavy atom. The molecule has 3 atom stereocenters. The number of β-lactam (4-membered cyclic amide) rings is 1. The number of amidine groups is 1. The molecule has 0 spiro atoms. The number of aliphatic imine (C=N–C) groups is 1. The molecule has 1 radical (unpaired) electrons. The number of carbonyl (C=O) groups excluding carboxylic acids is 1. The van der Waals surface area contributed by atoms with Crippen molar-refractivity contribution in [2.24, 2.45) is 10.9 Å². The van der Waals surface area contributed by atoms with Crippen molar-refractivity contribution in [3.8, 4) is 12.3 Å². The van der Waals surface area contributed by atoms with Crippen LogP contribution in [0.3, 0.4) is 0 Å². The molecule has 2 aromatic carbocycles. The Balaban J connectivity index is 1.82. The maximum atomic E-state index is 13.2. The van der Waals surface area contributed by atoms with Crippen molar-refractivity contribution in [2.45, 2.75) is 64.4 Å². The van der Waals surface area contributed by atoms with Crippen molar-refractivity contribution < 1.29 is 9.22 Å². The molecule has 0 unspecified atom stereocenters. The van der Waals surface area contributed by atoms with E-state index in [1.165, 1.54) is 0 Å². The summed E-state index contributed by atoms with van der Waals surface area (Å²) in [6.45, 7) is 13.0. The van der Waals surface area contributed by atoms with E-state index in [4.69, 9.17) is 10.8 Å². The standard InChI is InChI=1S/C25H31N2O2SeSi/c1-8-11-21-22(17(2)29-31(6,7)25(3,4)5)23(28)27(21)24(30)26-20-15-14-18-12-9-10-13-19(18)16-20/h1,9-10,12-17,21-22H,11H2,2-7H3/t17-,21-,22-/m1/s1. The van der Waals surface area contributed by atoms with Crippen molar-refractivity contribution in [2.75, 3.05) is 0 Å². The number of hydrogen-bond acceptors (Lipinski definition) is 3.